The molecular weight excluding hydrogens is 668 g/mol. The molecule has 4 heterocycles. The van der Waals surface area contributed by atoms with Crippen molar-refractivity contribution in [3.05, 3.63) is 124 Å². The fourth-order valence-corrected chi connectivity index (χ4v) is 7.54. The summed E-state index contributed by atoms with van der Waals surface area (Å²) in [6.45, 7) is 4.68. The molecule has 0 aliphatic carbocycles. The molecule has 8 rings (SSSR count). The van der Waals surface area contributed by atoms with E-state index in [1.54, 1.807) is 12.1 Å². The Bertz CT molecular complexity index is 2040. The van der Waals surface area contributed by atoms with Crippen LogP contribution in [0.5, 0.6) is 11.5 Å². The van der Waals surface area contributed by atoms with E-state index in [2.05, 4.69) is 56.9 Å². The van der Waals surface area contributed by atoms with Gasteiger partial charge in [-0.1, -0.05) is 54.6 Å². The number of carbonyl (C=O) groups is 1. The number of phenolic OH excluding ortho intramolecular Hbond substituents is 1. The SMILES string of the molecule is O=C(Nc1ccc(CCCCOc2ccc(CCNCC(O)c3ccc(O)c4[nH]c(=O)ccc34)cc2)cc1-c1ccccc1)O[C@H]1CN2CCC1CC2. The highest BCUT2D eigenvalue weighted by atomic mass is 16.6. The molecule has 276 valence electrons. The number of aromatic hydroxyl groups is 1. The van der Waals surface area contributed by atoms with Crippen LogP contribution in [0.2, 0.25) is 0 Å². The van der Waals surface area contributed by atoms with Crippen molar-refractivity contribution in [1.29, 1.82) is 0 Å². The number of benzene rings is 4. The quantitative estimate of drug-likeness (QED) is 0.0746. The van der Waals surface area contributed by atoms with Crippen molar-refractivity contribution in [1.82, 2.24) is 15.2 Å². The Morgan fingerprint density at radius 1 is 0.906 bits per heavy atom. The van der Waals surface area contributed by atoms with Gasteiger partial charge in [-0.05, 0) is 123 Å². The van der Waals surface area contributed by atoms with E-state index >= 15 is 0 Å². The number of amides is 1. The predicted octanol–water partition coefficient (Wildman–Crippen LogP) is 6.81. The number of fused-ring (bicyclic) bond motifs is 4. The maximum atomic E-state index is 13.0. The molecular formula is C43H48N4O6. The summed E-state index contributed by atoms with van der Waals surface area (Å²) in [5, 5.41) is 27.9. The normalized spacial score (nSPS) is 18.5. The highest BCUT2D eigenvalue weighted by Crippen LogP contribution is 2.33. The molecule has 3 aliphatic heterocycles. The number of rotatable bonds is 15. The van der Waals surface area contributed by atoms with Gasteiger partial charge in [-0.2, -0.15) is 0 Å². The molecule has 2 atom stereocenters. The average molecular weight is 717 g/mol. The number of hydrogen-bond acceptors (Lipinski definition) is 8. The van der Waals surface area contributed by atoms with Crippen LogP contribution in [0.25, 0.3) is 22.0 Å². The van der Waals surface area contributed by atoms with Crippen LogP contribution in [-0.4, -0.2) is 71.6 Å². The molecule has 1 amide bonds. The fraction of sp³-hybridized carbons (Fsp3) is 0.349. The number of unbranched alkanes of at least 4 members (excludes halogenated alkanes) is 1. The lowest BCUT2D eigenvalue weighted by molar-refractivity contribution is -0.0289. The number of pyridine rings is 1. The summed E-state index contributed by atoms with van der Waals surface area (Å²) in [5.41, 5.74) is 5.82. The third-order valence-electron chi connectivity index (χ3n) is 10.5. The Morgan fingerprint density at radius 2 is 1.70 bits per heavy atom. The number of aromatic nitrogens is 1. The lowest BCUT2D eigenvalue weighted by atomic mass is 9.86. The van der Waals surface area contributed by atoms with E-state index in [-0.39, 0.29) is 23.5 Å². The lowest BCUT2D eigenvalue weighted by Crippen LogP contribution is -2.52. The number of H-pyrrole nitrogens is 1. The van der Waals surface area contributed by atoms with Gasteiger partial charge in [-0.15, -0.1) is 0 Å². The van der Waals surface area contributed by atoms with Crippen molar-refractivity contribution in [2.75, 3.05) is 44.6 Å². The monoisotopic (exact) mass is 716 g/mol. The standard InChI is InChI=1S/C43H48N4O6/c48-38-17-14-34(35-15-18-41(50)46-42(35)38)39(49)27-44-22-19-29-9-12-33(13-10-29)52-25-5-4-6-30-11-16-37(36(26-30)31-7-2-1-3-8-31)45-43(51)53-40-28-47-23-20-32(40)21-24-47/h1-3,7-18,26,32,39-40,44,48-49H,4-6,19-25,27-28H2,(H,45,51)(H,46,50)/t39?,40-/m0/s1. The molecule has 2 bridgehead atoms. The van der Waals surface area contributed by atoms with Gasteiger partial charge in [0.25, 0.3) is 0 Å². The number of anilines is 1. The maximum Gasteiger partial charge on any atom is 0.411 e. The maximum absolute atomic E-state index is 13.0. The minimum atomic E-state index is -0.794. The van der Waals surface area contributed by atoms with Gasteiger partial charge >= 0.3 is 6.09 Å². The van der Waals surface area contributed by atoms with Gasteiger partial charge < -0.3 is 30.0 Å². The molecule has 3 saturated heterocycles. The number of aliphatic hydroxyl groups is 1. The summed E-state index contributed by atoms with van der Waals surface area (Å²) in [5.74, 6) is 1.27. The lowest BCUT2D eigenvalue weighted by Gasteiger charge is -2.43. The van der Waals surface area contributed by atoms with Crippen LogP contribution in [0.1, 0.15) is 48.5 Å². The fourth-order valence-electron chi connectivity index (χ4n) is 7.54. The minimum Gasteiger partial charge on any atom is -0.506 e. The second-order valence-corrected chi connectivity index (χ2v) is 14.2. The number of aryl methyl sites for hydroxylation is 1. The zero-order valence-electron chi connectivity index (χ0n) is 29.9. The number of ether oxygens (including phenoxy) is 2. The summed E-state index contributed by atoms with van der Waals surface area (Å²) in [6, 6.07) is 30.7. The molecule has 10 nitrogen and oxygen atoms in total. The largest absolute Gasteiger partial charge is 0.506 e. The molecule has 1 unspecified atom stereocenters. The second-order valence-electron chi connectivity index (χ2n) is 14.2. The third kappa shape index (κ3) is 9.26. The zero-order chi connectivity index (χ0) is 36.6. The number of nitrogens with one attached hydrogen (secondary N) is 3. The van der Waals surface area contributed by atoms with Gasteiger partial charge in [-0.3, -0.25) is 15.0 Å². The van der Waals surface area contributed by atoms with E-state index in [4.69, 9.17) is 9.47 Å². The van der Waals surface area contributed by atoms with E-state index in [1.165, 1.54) is 17.7 Å². The second kappa shape index (κ2) is 17.1. The molecule has 0 saturated carbocycles. The van der Waals surface area contributed by atoms with E-state index in [0.717, 1.165) is 86.3 Å². The number of hydrogen-bond donors (Lipinski definition) is 5. The first-order valence-corrected chi connectivity index (χ1v) is 18.7. The number of aliphatic hydroxyl groups excluding tert-OH is 1. The number of nitrogens with zero attached hydrogens (tertiary/aromatic N) is 1. The molecule has 3 fully saturated rings. The van der Waals surface area contributed by atoms with Crippen LogP contribution >= 0.6 is 0 Å². The molecule has 3 aliphatic rings. The Kier molecular flexibility index (Phi) is 11.7. The molecule has 5 aromatic rings. The highest BCUT2D eigenvalue weighted by molar-refractivity contribution is 5.92. The van der Waals surface area contributed by atoms with E-state index < -0.39 is 6.10 Å². The Balaban J connectivity index is 0.840. The van der Waals surface area contributed by atoms with Crippen molar-refractivity contribution in [2.45, 2.75) is 50.7 Å². The summed E-state index contributed by atoms with van der Waals surface area (Å²) >= 11 is 0. The first-order valence-electron chi connectivity index (χ1n) is 18.7. The summed E-state index contributed by atoms with van der Waals surface area (Å²) in [4.78, 5) is 29.7. The molecule has 53 heavy (non-hydrogen) atoms. The summed E-state index contributed by atoms with van der Waals surface area (Å²) in [6.07, 6.45) is 4.55. The number of aromatic amines is 1. The van der Waals surface area contributed by atoms with Crippen LogP contribution in [0, 0.1) is 5.92 Å². The van der Waals surface area contributed by atoms with Crippen molar-refractivity contribution in [3.8, 4) is 22.6 Å². The van der Waals surface area contributed by atoms with E-state index in [0.29, 0.717) is 42.1 Å². The first kappa shape index (κ1) is 36.2. The van der Waals surface area contributed by atoms with Crippen molar-refractivity contribution >= 4 is 22.7 Å². The predicted molar refractivity (Wildman–Crippen MR) is 208 cm³/mol. The molecule has 10 heteroatoms. The topological polar surface area (TPSA) is 136 Å². The van der Waals surface area contributed by atoms with Gasteiger partial charge in [0.15, 0.2) is 0 Å². The van der Waals surface area contributed by atoms with Crippen LogP contribution in [-0.2, 0) is 17.6 Å². The van der Waals surface area contributed by atoms with Gasteiger partial charge in [0.05, 0.1) is 23.9 Å². The first-order chi connectivity index (χ1) is 25.9. The smallest absolute Gasteiger partial charge is 0.411 e. The Morgan fingerprint density at radius 3 is 2.47 bits per heavy atom. The van der Waals surface area contributed by atoms with Gasteiger partial charge in [-0.25, -0.2) is 4.79 Å². The molecule has 5 N–H and O–H groups in total. The minimum absolute atomic E-state index is 0.0257. The van der Waals surface area contributed by atoms with Crippen molar-refractivity contribution in [2.24, 2.45) is 5.92 Å². The average Bonchev–Trinajstić information content (AvgIpc) is 3.18. The van der Waals surface area contributed by atoms with E-state index in [1.807, 2.05) is 36.4 Å². The molecule has 0 spiro atoms. The molecule has 1 aromatic heterocycles. The van der Waals surface area contributed by atoms with Gasteiger partial charge in [0.2, 0.25) is 5.56 Å². The molecule has 0 radical (unpaired) electrons. The number of phenols is 1. The molecule has 4 aromatic carbocycles. The Labute approximate surface area is 309 Å². The van der Waals surface area contributed by atoms with Gasteiger partial charge in [0, 0.05) is 30.1 Å². The van der Waals surface area contributed by atoms with Crippen LogP contribution in [0.15, 0.2) is 102 Å². The highest BCUT2D eigenvalue weighted by Gasteiger charge is 2.36. The Hall–Kier alpha value is -5.16. The zero-order valence-corrected chi connectivity index (χ0v) is 29.9. The van der Waals surface area contributed by atoms with Gasteiger partial charge in [0.1, 0.15) is 17.6 Å². The van der Waals surface area contributed by atoms with Crippen LogP contribution < -0.4 is 20.9 Å². The number of carbonyl (C=O) groups excluding carboxylic acids is 1. The summed E-state index contributed by atoms with van der Waals surface area (Å²) in [7, 11) is 0. The van der Waals surface area contributed by atoms with Crippen molar-refractivity contribution < 1.29 is 24.5 Å². The van der Waals surface area contributed by atoms with E-state index in [9.17, 15) is 19.8 Å². The van der Waals surface area contributed by atoms with Crippen LogP contribution in [0.4, 0.5) is 10.5 Å². The number of piperidine rings is 3. The van der Waals surface area contributed by atoms with Crippen LogP contribution in [0.3, 0.4) is 0 Å². The third-order valence-corrected chi connectivity index (χ3v) is 10.5. The summed E-state index contributed by atoms with van der Waals surface area (Å²) < 4.78 is 12.0. The van der Waals surface area contributed by atoms with Crippen molar-refractivity contribution in [3.63, 3.8) is 0 Å².